The van der Waals surface area contributed by atoms with Gasteiger partial charge in [0.25, 0.3) is 5.69 Å². The Balaban J connectivity index is 1.58. The van der Waals surface area contributed by atoms with Gasteiger partial charge in [0.1, 0.15) is 10.8 Å². The maximum Gasteiger partial charge on any atom is 0.270 e. The highest BCUT2D eigenvalue weighted by Crippen LogP contribution is 2.31. The monoisotopic (exact) mass is 389 g/mol. The van der Waals surface area contributed by atoms with Crippen LogP contribution in [0.15, 0.2) is 65.7 Å². The van der Waals surface area contributed by atoms with E-state index in [9.17, 15) is 15.2 Å². The fourth-order valence-electron chi connectivity index (χ4n) is 2.75. The SMILES string of the molecule is Cc1ccc2nc(-c3ccc(N=Cc4cc([N+](=O)[O-])ccc4O)cc3)sc2c1. The van der Waals surface area contributed by atoms with Crippen molar-refractivity contribution >= 4 is 39.1 Å². The molecule has 0 aliphatic heterocycles. The van der Waals surface area contributed by atoms with Gasteiger partial charge in [-0.15, -0.1) is 11.3 Å². The zero-order chi connectivity index (χ0) is 19.7. The summed E-state index contributed by atoms with van der Waals surface area (Å²) in [5.74, 6) is -0.0595. The van der Waals surface area contributed by atoms with E-state index in [1.807, 2.05) is 36.4 Å². The van der Waals surface area contributed by atoms with E-state index in [0.29, 0.717) is 11.3 Å². The maximum atomic E-state index is 10.9. The third kappa shape index (κ3) is 3.60. The van der Waals surface area contributed by atoms with Crippen LogP contribution in [0.4, 0.5) is 11.4 Å². The molecule has 0 spiro atoms. The molecule has 1 N–H and O–H groups in total. The summed E-state index contributed by atoms with van der Waals surface area (Å²) in [7, 11) is 0. The number of nitro groups is 1. The minimum atomic E-state index is -0.509. The van der Waals surface area contributed by atoms with Crippen molar-refractivity contribution in [2.24, 2.45) is 4.99 Å². The van der Waals surface area contributed by atoms with Gasteiger partial charge in [0.2, 0.25) is 0 Å². The number of aryl methyl sites for hydroxylation is 1. The zero-order valence-electron chi connectivity index (χ0n) is 14.9. The van der Waals surface area contributed by atoms with Gasteiger partial charge in [-0.2, -0.15) is 0 Å². The molecule has 0 aliphatic rings. The predicted octanol–water partition coefficient (Wildman–Crippen LogP) is 5.64. The number of phenolic OH excluding ortho intramolecular Hbond substituents is 1. The molecule has 0 amide bonds. The molecule has 138 valence electrons. The number of nitrogens with zero attached hydrogens (tertiary/aromatic N) is 3. The highest BCUT2D eigenvalue weighted by molar-refractivity contribution is 7.21. The summed E-state index contributed by atoms with van der Waals surface area (Å²) in [6, 6.07) is 17.6. The van der Waals surface area contributed by atoms with Crippen LogP contribution in [-0.2, 0) is 0 Å². The summed E-state index contributed by atoms with van der Waals surface area (Å²) in [4.78, 5) is 19.3. The number of aliphatic imine (C=N–C) groups is 1. The summed E-state index contributed by atoms with van der Waals surface area (Å²) < 4.78 is 1.15. The van der Waals surface area contributed by atoms with Crippen molar-refractivity contribution in [1.29, 1.82) is 0 Å². The lowest BCUT2D eigenvalue weighted by Gasteiger charge is -2.00. The van der Waals surface area contributed by atoms with Gasteiger partial charge >= 0.3 is 0 Å². The molecule has 0 aliphatic carbocycles. The summed E-state index contributed by atoms with van der Waals surface area (Å²) in [5, 5.41) is 21.7. The van der Waals surface area contributed by atoms with Crippen molar-refractivity contribution in [2.75, 3.05) is 0 Å². The number of hydrogen-bond acceptors (Lipinski definition) is 6. The Kier molecular flexibility index (Phi) is 4.58. The van der Waals surface area contributed by atoms with E-state index in [0.717, 1.165) is 20.8 Å². The molecular formula is C21H15N3O3S. The molecule has 28 heavy (non-hydrogen) atoms. The molecule has 0 unspecified atom stereocenters. The van der Waals surface area contributed by atoms with E-state index in [1.165, 1.54) is 30.0 Å². The molecule has 0 saturated heterocycles. The Hall–Kier alpha value is -3.58. The first kappa shape index (κ1) is 17.8. The first-order valence-electron chi connectivity index (χ1n) is 8.49. The normalized spacial score (nSPS) is 11.3. The second-order valence-corrected chi connectivity index (χ2v) is 7.33. The molecule has 7 heteroatoms. The summed E-state index contributed by atoms with van der Waals surface area (Å²) in [6.07, 6.45) is 1.41. The van der Waals surface area contributed by atoms with Crippen LogP contribution in [0, 0.1) is 17.0 Å². The van der Waals surface area contributed by atoms with Gasteiger partial charge in [-0.3, -0.25) is 15.1 Å². The molecule has 6 nitrogen and oxygen atoms in total. The number of nitro benzene ring substituents is 1. The van der Waals surface area contributed by atoms with E-state index in [1.54, 1.807) is 11.3 Å². The van der Waals surface area contributed by atoms with Gasteiger partial charge in [-0.1, -0.05) is 6.07 Å². The van der Waals surface area contributed by atoms with E-state index >= 15 is 0 Å². The molecule has 0 saturated carbocycles. The van der Waals surface area contributed by atoms with Crippen molar-refractivity contribution in [3.05, 3.63) is 81.9 Å². The maximum absolute atomic E-state index is 10.9. The quantitative estimate of drug-likeness (QED) is 0.278. The molecule has 0 radical (unpaired) electrons. The number of fused-ring (bicyclic) bond motifs is 1. The van der Waals surface area contributed by atoms with E-state index < -0.39 is 4.92 Å². The fraction of sp³-hybridized carbons (Fsp3) is 0.0476. The number of aromatic nitrogens is 1. The van der Waals surface area contributed by atoms with Crippen LogP contribution < -0.4 is 0 Å². The number of rotatable bonds is 4. The molecule has 4 rings (SSSR count). The molecule has 0 atom stereocenters. The lowest BCUT2D eigenvalue weighted by atomic mass is 10.2. The summed E-state index contributed by atoms with van der Waals surface area (Å²) in [6.45, 7) is 2.06. The van der Waals surface area contributed by atoms with Crippen molar-refractivity contribution < 1.29 is 10.0 Å². The average molecular weight is 389 g/mol. The van der Waals surface area contributed by atoms with Crippen LogP contribution in [0.3, 0.4) is 0 Å². The molecule has 0 fully saturated rings. The van der Waals surface area contributed by atoms with Crippen molar-refractivity contribution in [1.82, 2.24) is 4.98 Å². The first-order valence-corrected chi connectivity index (χ1v) is 9.30. The van der Waals surface area contributed by atoms with E-state index in [4.69, 9.17) is 0 Å². The number of hydrogen-bond donors (Lipinski definition) is 1. The number of benzene rings is 3. The van der Waals surface area contributed by atoms with Crippen LogP contribution in [0.25, 0.3) is 20.8 Å². The molecule has 1 aromatic heterocycles. The van der Waals surface area contributed by atoms with Gasteiger partial charge in [-0.25, -0.2) is 4.98 Å². The largest absolute Gasteiger partial charge is 0.507 e. The standard InChI is InChI=1S/C21H15N3O3S/c1-13-2-8-18-20(10-13)28-21(23-18)14-3-5-16(6-4-14)22-12-15-11-17(24(26)27)7-9-19(15)25/h2-12,25H,1H3. The molecule has 3 aromatic carbocycles. The van der Waals surface area contributed by atoms with E-state index in [-0.39, 0.29) is 11.4 Å². The van der Waals surface area contributed by atoms with Crippen LogP contribution in [0.5, 0.6) is 5.75 Å². The topological polar surface area (TPSA) is 88.6 Å². The Morgan fingerprint density at radius 1 is 1.11 bits per heavy atom. The lowest BCUT2D eigenvalue weighted by molar-refractivity contribution is -0.384. The zero-order valence-corrected chi connectivity index (χ0v) is 15.7. The van der Waals surface area contributed by atoms with Crippen molar-refractivity contribution in [3.63, 3.8) is 0 Å². The van der Waals surface area contributed by atoms with Gasteiger partial charge in [-0.05, 0) is 55.0 Å². The highest BCUT2D eigenvalue weighted by Gasteiger charge is 2.09. The first-order chi connectivity index (χ1) is 13.5. The molecule has 1 heterocycles. The number of non-ortho nitro benzene ring substituents is 1. The highest BCUT2D eigenvalue weighted by atomic mass is 32.1. The Bertz CT molecular complexity index is 1210. The van der Waals surface area contributed by atoms with Crippen molar-refractivity contribution in [2.45, 2.75) is 6.92 Å². The van der Waals surface area contributed by atoms with E-state index in [2.05, 4.69) is 23.0 Å². The lowest BCUT2D eigenvalue weighted by Crippen LogP contribution is -1.90. The Labute approximate surface area is 164 Å². The molecule has 0 bridgehead atoms. The van der Waals surface area contributed by atoms with Crippen LogP contribution in [0.1, 0.15) is 11.1 Å². The summed E-state index contributed by atoms with van der Waals surface area (Å²) in [5.41, 5.74) is 4.05. The Morgan fingerprint density at radius 2 is 1.89 bits per heavy atom. The fourth-order valence-corrected chi connectivity index (χ4v) is 3.82. The second kappa shape index (κ2) is 7.21. The second-order valence-electron chi connectivity index (χ2n) is 6.30. The van der Waals surface area contributed by atoms with Crippen molar-refractivity contribution in [3.8, 4) is 16.3 Å². The van der Waals surface area contributed by atoms with Gasteiger partial charge in [0, 0.05) is 29.5 Å². The molecule has 4 aromatic rings. The smallest absolute Gasteiger partial charge is 0.270 e. The third-order valence-electron chi connectivity index (χ3n) is 4.23. The third-order valence-corrected chi connectivity index (χ3v) is 5.30. The minimum absolute atomic E-state index is 0.0595. The minimum Gasteiger partial charge on any atom is -0.507 e. The Morgan fingerprint density at radius 3 is 2.64 bits per heavy atom. The number of thiazole rings is 1. The van der Waals surface area contributed by atoms with Crippen LogP contribution in [-0.4, -0.2) is 21.2 Å². The predicted molar refractivity (Wildman–Crippen MR) is 112 cm³/mol. The average Bonchev–Trinajstić information content (AvgIpc) is 3.10. The van der Waals surface area contributed by atoms with Crippen LogP contribution in [0.2, 0.25) is 0 Å². The summed E-state index contributed by atoms with van der Waals surface area (Å²) >= 11 is 1.64. The van der Waals surface area contributed by atoms with Gasteiger partial charge in [0.05, 0.1) is 20.8 Å². The molecular weight excluding hydrogens is 374 g/mol. The number of aromatic hydroxyl groups is 1. The van der Waals surface area contributed by atoms with Gasteiger partial charge < -0.3 is 5.11 Å². The number of phenols is 1. The van der Waals surface area contributed by atoms with Crippen LogP contribution >= 0.6 is 11.3 Å². The van der Waals surface area contributed by atoms with Gasteiger partial charge in [0.15, 0.2) is 0 Å².